The van der Waals surface area contributed by atoms with E-state index in [4.69, 9.17) is 16.3 Å². The fourth-order valence-corrected chi connectivity index (χ4v) is 2.06. The van der Waals surface area contributed by atoms with Gasteiger partial charge in [-0.3, -0.25) is 4.79 Å². The molecule has 0 radical (unpaired) electrons. The lowest BCUT2D eigenvalue weighted by Crippen LogP contribution is -2.13. The minimum atomic E-state index is -0.0584. The summed E-state index contributed by atoms with van der Waals surface area (Å²) in [6, 6.07) is 5.42. The second-order valence-electron chi connectivity index (χ2n) is 4.28. The molecule has 3 nitrogen and oxygen atoms in total. The van der Waals surface area contributed by atoms with Crippen LogP contribution >= 0.6 is 11.6 Å². The summed E-state index contributed by atoms with van der Waals surface area (Å²) in [6.45, 7) is 3.98. The Balaban J connectivity index is 2.75. The summed E-state index contributed by atoms with van der Waals surface area (Å²) in [4.78, 5) is 14.7. The lowest BCUT2D eigenvalue weighted by atomic mass is 10.0. The first-order valence-corrected chi connectivity index (χ1v) is 5.81. The van der Waals surface area contributed by atoms with Crippen LogP contribution in [0.3, 0.4) is 0 Å². The Kier molecular flexibility index (Phi) is 3.11. The van der Waals surface area contributed by atoms with E-state index in [0.717, 1.165) is 16.5 Å². The van der Waals surface area contributed by atoms with Crippen molar-refractivity contribution in [1.82, 2.24) is 4.98 Å². The third-order valence-electron chi connectivity index (χ3n) is 2.77. The van der Waals surface area contributed by atoms with Gasteiger partial charge >= 0.3 is 0 Å². The maximum absolute atomic E-state index is 11.8. The number of aromatic nitrogens is 1. The van der Waals surface area contributed by atoms with Crippen molar-refractivity contribution < 1.29 is 4.74 Å². The Bertz CT molecular complexity index is 617. The maximum atomic E-state index is 11.8. The number of halogens is 1. The van der Waals surface area contributed by atoms with Crippen LogP contribution in [0.5, 0.6) is 5.75 Å². The number of hydrogen-bond donors (Lipinski definition) is 1. The van der Waals surface area contributed by atoms with Crippen LogP contribution in [-0.4, -0.2) is 12.1 Å². The van der Waals surface area contributed by atoms with Gasteiger partial charge in [0.25, 0.3) is 5.56 Å². The zero-order valence-electron chi connectivity index (χ0n) is 10.0. The zero-order valence-corrected chi connectivity index (χ0v) is 10.8. The molecule has 0 aliphatic heterocycles. The number of fused-ring (bicyclic) bond motifs is 1. The summed E-state index contributed by atoms with van der Waals surface area (Å²) in [5.74, 6) is 0.746. The number of ether oxygens (including phenoxy) is 1. The number of nitrogens with one attached hydrogen (secondary N) is 1. The van der Waals surface area contributed by atoms with Crippen LogP contribution in [-0.2, 0) is 0 Å². The van der Waals surface area contributed by atoms with Gasteiger partial charge in [0.1, 0.15) is 5.75 Å². The van der Waals surface area contributed by atoms with Gasteiger partial charge in [0.05, 0.1) is 17.6 Å². The fourth-order valence-electron chi connectivity index (χ4n) is 1.81. The zero-order chi connectivity index (χ0) is 12.6. The molecule has 0 bridgehead atoms. The van der Waals surface area contributed by atoms with E-state index < -0.39 is 0 Å². The minimum absolute atomic E-state index is 0.0584. The Morgan fingerprint density at radius 3 is 2.59 bits per heavy atom. The van der Waals surface area contributed by atoms with Crippen LogP contribution < -0.4 is 10.3 Å². The molecule has 0 spiro atoms. The van der Waals surface area contributed by atoms with E-state index in [0.29, 0.717) is 10.8 Å². The van der Waals surface area contributed by atoms with Crippen molar-refractivity contribution >= 4 is 22.5 Å². The van der Waals surface area contributed by atoms with E-state index in [9.17, 15) is 4.79 Å². The predicted octanol–water partition coefficient (Wildman–Crippen LogP) is 3.31. The van der Waals surface area contributed by atoms with Gasteiger partial charge in [0, 0.05) is 17.0 Å². The molecule has 17 heavy (non-hydrogen) atoms. The van der Waals surface area contributed by atoms with Gasteiger partial charge in [-0.1, -0.05) is 25.4 Å². The number of rotatable bonds is 2. The molecule has 2 rings (SSSR count). The summed E-state index contributed by atoms with van der Waals surface area (Å²) in [6.07, 6.45) is 0. The highest BCUT2D eigenvalue weighted by molar-refractivity contribution is 6.32. The van der Waals surface area contributed by atoms with Crippen molar-refractivity contribution in [3.63, 3.8) is 0 Å². The molecular formula is C13H14ClNO2. The predicted molar refractivity (Wildman–Crippen MR) is 70.2 cm³/mol. The van der Waals surface area contributed by atoms with E-state index in [1.54, 1.807) is 19.2 Å². The normalized spacial score (nSPS) is 11.1. The highest BCUT2D eigenvalue weighted by atomic mass is 35.5. The van der Waals surface area contributed by atoms with Crippen LogP contribution in [0, 0.1) is 0 Å². The molecule has 0 unspecified atom stereocenters. The van der Waals surface area contributed by atoms with E-state index in [1.807, 2.05) is 19.9 Å². The van der Waals surface area contributed by atoms with Crippen molar-refractivity contribution in [1.29, 1.82) is 0 Å². The molecule has 4 heteroatoms. The second kappa shape index (κ2) is 4.41. The van der Waals surface area contributed by atoms with Crippen molar-refractivity contribution in [2.24, 2.45) is 0 Å². The molecule has 0 amide bonds. The topological polar surface area (TPSA) is 42.1 Å². The third kappa shape index (κ3) is 2.15. The standard InChI is InChI=1S/C13H14ClNO2/c1-7(2)9-4-8-5-10(14)12(17-3)6-11(8)15-13(9)16/h4-7H,1-3H3,(H,15,16). The minimum Gasteiger partial charge on any atom is -0.495 e. The van der Waals surface area contributed by atoms with Crippen LogP contribution in [0.2, 0.25) is 5.02 Å². The molecule has 0 aliphatic carbocycles. The molecule has 0 saturated heterocycles. The van der Waals surface area contributed by atoms with Crippen molar-refractivity contribution in [2.75, 3.05) is 7.11 Å². The van der Waals surface area contributed by atoms with Crippen LogP contribution in [0.15, 0.2) is 23.0 Å². The Hall–Kier alpha value is -1.48. The Morgan fingerprint density at radius 1 is 1.29 bits per heavy atom. The molecule has 2 aromatic rings. The largest absolute Gasteiger partial charge is 0.495 e. The van der Waals surface area contributed by atoms with Crippen LogP contribution in [0.25, 0.3) is 10.9 Å². The van der Waals surface area contributed by atoms with Crippen molar-refractivity contribution in [2.45, 2.75) is 19.8 Å². The van der Waals surface area contributed by atoms with Crippen molar-refractivity contribution in [3.8, 4) is 5.75 Å². The highest BCUT2D eigenvalue weighted by Gasteiger charge is 2.09. The summed E-state index contributed by atoms with van der Waals surface area (Å²) in [5, 5.41) is 1.46. The average molecular weight is 252 g/mol. The van der Waals surface area contributed by atoms with Gasteiger partial charge in [0.15, 0.2) is 0 Å². The molecule has 1 aromatic heterocycles. The van der Waals surface area contributed by atoms with Crippen LogP contribution in [0.1, 0.15) is 25.3 Å². The van der Waals surface area contributed by atoms with E-state index >= 15 is 0 Å². The van der Waals surface area contributed by atoms with E-state index in [-0.39, 0.29) is 11.5 Å². The maximum Gasteiger partial charge on any atom is 0.251 e. The molecule has 1 heterocycles. The first kappa shape index (κ1) is 12.0. The van der Waals surface area contributed by atoms with Gasteiger partial charge in [-0.2, -0.15) is 0 Å². The monoisotopic (exact) mass is 251 g/mol. The lowest BCUT2D eigenvalue weighted by molar-refractivity contribution is 0.415. The smallest absolute Gasteiger partial charge is 0.251 e. The van der Waals surface area contributed by atoms with E-state index in [1.165, 1.54) is 0 Å². The Labute approximate surface area is 104 Å². The van der Waals surface area contributed by atoms with E-state index in [2.05, 4.69) is 4.98 Å². The molecule has 0 saturated carbocycles. The number of methoxy groups -OCH3 is 1. The summed E-state index contributed by atoms with van der Waals surface area (Å²) in [7, 11) is 1.55. The molecule has 0 aliphatic rings. The SMILES string of the molecule is COc1cc2[nH]c(=O)c(C(C)C)cc2cc1Cl. The van der Waals surface area contributed by atoms with Gasteiger partial charge < -0.3 is 9.72 Å². The Morgan fingerprint density at radius 2 is 2.00 bits per heavy atom. The second-order valence-corrected chi connectivity index (χ2v) is 4.69. The average Bonchev–Trinajstić information content (AvgIpc) is 2.27. The van der Waals surface area contributed by atoms with Gasteiger partial charge in [0.2, 0.25) is 0 Å². The van der Waals surface area contributed by atoms with Gasteiger partial charge in [-0.25, -0.2) is 0 Å². The molecular weight excluding hydrogens is 238 g/mol. The summed E-state index contributed by atoms with van der Waals surface area (Å²) < 4.78 is 5.12. The molecule has 1 N–H and O–H groups in total. The summed E-state index contributed by atoms with van der Waals surface area (Å²) >= 11 is 6.06. The lowest BCUT2D eigenvalue weighted by Gasteiger charge is -2.08. The molecule has 1 aromatic carbocycles. The number of pyridine rings is 1. The number of aromatic amines is 1. The molecule has 90 valence electrons. The fraction of sp³-hybridized carbons (Fsp3) is 0.308. The summed E-state index contributed by atoms with van der Waals surface area (Å²) in [5.41, 5.74) is 1.44. The number of benzene rings is 1. The first-order chi connectivity index (χ1) is 8.02. The van der Waals surface area contributed by atoms with Gasteiger partial charge in [-0.15, -0.1) is 0 Å². The third-order valence-corrected chi connectivity index (χ3v) is 3.06. The van der Waals surface area contributed by atoms with Crippen molar-refractivity contribution in [3.05, 3.63) is 39.1 Å². The number of H-pyrrole nitrogens is 1. The molecule has 0 atom stereocenters. The van der Waals surface area contributed by atoms with Gasteiger partial charge in [-0.05, 0) is 18.1 Å². The first-order valence-electron chi connectivity index (χ1n) is 5.43. The van der Waals surface area contributed by atoms with Crippen LogP contribution in [0.4, 0.5) is 0 Å². The quantitative estimate of drug-likeness (QED) is 0.890. The highest BCUT2D eigenvalue weighted by Crippen LogP contribution is 2.29. The molecule has 0 fully saturated rings. The number of hydrogen-bond acceptors (Lipinski definition) is 2.